The number of hydrogen-bond donors (Lipinski definition) is 1. The van der Waals surface area contributed by atoms with E-state index in [4.69, 9.17) is 9.97 Å². The average Bonchev–Trinajstić information content (AvgIpc) is 3.37. The van der Waals surface area contributed by atoms with E-state index in [1.807, 2.05) is 6.92 Å². The summed E-state index contributed by atoms with van der Waals surface area (Å²) < 4.78 is 14.3. The van der Waals surface area contributed by atoms with Gasteiger partial charge in [-0.15, -0.1) is 0 Å². The molecule has 2 aliphatic heterocycles. The van der Waals surface area contributed by atoms with Crippen molar-refractivity contribution in [3.63, 3.8) is 0 Å². The largest absolute Gasteiger partial charge is 0.337 e. The molecular weight excluding hydrogens is 423 g/mol. The SMILES string of the molecule is Cc1nc(C2CCCN(C(=O)c3ccn[nH]3)C2)nc2c1CCC(=O)N2Cc1ccccc1F. The number of amides is 2. The van der Waals surface area contributed by atoms with Gasteiger partial charge in [0.15, 0.2) is 0 Å². The zero-order valence-electron chi connectivity index (χ0n) is 18.4. The lowest BCUT2D eigenvalue weighted by Crippen LogP contribution is -2.40. The van der Waals surface area contributed by atoms with E-state index >= 15 is 0 Å². The summed E-state index contributed by atoms with van der Waals surface area (Å²) in [4.78, 5) is 38.6. The second kappa shape index (κ2) is 8.73. The van der Waals surface area contributed by atoms with Gasteiger partial charge < -0.3 is 4.90 Å². The van der Waals surface area contributed by atoms with Gasteiger partial charge in [-0.25, -0.2) is 14.4 Å². The van der Waals surface area contributed by atoms with Crippen LogP contribution in [-0.2, 0) is 17.8 Å². The summed E-state index contributed by atoms with van der Waals surface area (Å²) in [7, 11) is 0. The topological polar surface area (TPSA) is 95.1 Å². The third kappa shape index (κ3) is 4.10. The molecule has 0 saturated carbocycles. The molecule has 2 amide bonds. The van der Waals surface area contributed by atoms with E-state index < -0.39 is 0 Å². The van der Waals surface area contributed by atoms with Crippen molar-refractivity contribution in [1.82, 2.24) is 25.1 Å². The van der Waals surface area contributed by atoms with Crippen LogP contribution in [0.15, 0.2) is 36.5 Å². The predicted molar refractivity (Wildman–Crippen MR) is 119 cm³/mol. The number of fused-ring (bicyclic) bond motifs is 1. The van der Waals surface area contributed by atoms with Crippen molar-refractivity contribution in [3.8, 4) is 0 Å². The van der Waals surface area contributed by atoms with Crippen molar-refractivity contribution in [2.75, 3.05) is 18.0 Å². The summed E-state index contributed by atoms with van der Waals surface area (Å²) in [5, 5.41) is 6.60. The number of hydrogen-bond acceptors (Lipinski definition) is 5. The molecule has 33 heavy (non-hydrogen) atoms. The van der Waals surface area contributed by atoms with E-state index in [1.54, 1.807) is 40.3 Å². The van der Waals surface area contributed by atoms with Gasteiger partial charge in [0.25, 0.3) is 5.91 Å². The highest BCUT2D eigenvalue weighted by molar-refractivity contribution is 5.95. The van der Waals surface area contributed by atoms with Gasteiger partial charge in [-0.05, 0) is 38.3 Å². The standard InChI is InChI=1S/C24H25FN6O2/c1-15-18-8-9-21(32)31(14-16-5-2-3-7-19(16)25)23(18)28-22(27-15)17-6-4-12-30(13-17)24(33)20-10-11-26-29-20/h2-3,5,7,10-11,17H,4,6,8-9,12-14H2,1H3,(H,26,29). The van der Waals surface area contributed by atoms with Crippen LogP contribution in [-0.4, -0.2) is 50.0 Å². The number of anilines is 1. The van der Waals surface area contributed by atoms with Crippen LogP contribution in [0.2, 0.25) is 0 Å². The zero-order chi connectivity index (χ0) is 22.9. The number of H-pyrrole nitrogens is 1. The summed E-state index contributed by atoms with van der Waals surface area (Å²) in [6.07, 6.45) is 4.17. The van der Waals surface area contributed by atoms with E-state index in [9.17, 15) is 14.0 Å². The monoisotopic (exact) mass is 448 g/mol. The Labute approximate surface area is 190 Å². The predicted octanol–water partition coefficient (Wildman–Crippen LogP) is 3.15. The number of likely N-dealkylation sites (tertiary alicyclic amines) is 1. The Morgan fingerprint density at radius 3 is 2.85 bits per heavy atom. The molecule has 1 saturated heterocycles. The van der Waals surface area contributed by atoms with E-state index in [0.717, 1.165) is 24.1 Å². The Hall–Kier alpha value is -3.62. The molecule has 2 aliphatic rings. The fourth-order valence-electron chi connectivity index (χ4n) is 4.66. The first kappa shape index (κ1) is 21.2. The van der Waals surface area contributed by atoms with E-state index in [1.165, 1.54) is 6.07 Å². The molecule has 4 heterocycles. The second-order valence-corrected chi connectivity index (χ2v) is 8.60. The lowest BCUT2D eigenvalue weighted by Gasteiger charge is -2.34. The molecule has 0 bridgehead atoms. The minimum Gasteiger partial charge on any atom is -0.337 e. The number of nitrogens with zero attached hydrogens (tertiary/aromatic N) is 5. The summed E-state index contributed by atoms with van der Waals surface area (Å²) >= 11 is 0. The van der Waals surface area contributed by atoms with Crippen molar-refractivity contribution >= 4 is 17.6 Å². The second-order valence-electron chi connectivity index (χ2n) is 8.60. The molecule has 9 heteroatoms. The smallest absolute Gasteiger partial charge is 0.271 e. The number of carbonyl (C=O) groups excluding carboxylic acids is 2. The van der Waals surface area contributed by atoms with Gasteiger partial charge in [0.05, 0.1) is 6.54 Å². The highest BCUT2D eigenvalue weighted by Crippen LogP contribution is 2.33. The third-order valence-electron chi connectivity index (χ3n) is 6.45. The maximum atomic E-state index is 14.3. The number of benzene rings is 1. The molecule has 2 aromatic heterocycles. The summed E-state index contributed by atoms with van der Waals surface area (Å²) in [6, 6.07) is 8.14. The number of nitrogens with one attached hydrogen (secondary N) is 1. The van der Waals surface area contributed by atoms with Crippen LogP contribution >= 0.6 is 0 Å². The van der Waals surface area contributed by atoms with Crippen molar-refractivity contribution < 1.29 is 14.0 Å². The van der Waals surface area contributed by atoms with Crippen molar-refractivity contribution in [2.45, 2.75) is 45.1 Å². The highest BCUT2D eigenvalue weighted by atomic mass is 19.1. The van der Waals surface area contributed by atoms with E-state index in [2.05, 4.69) is 10.2 Å². The first-order valence-electron chi connectivity index (χ1n) is 11.2. The quantitative estimate of drug-likeness (QED) is 0.662. The molecule has 170 valence electrons. The third-order valence-corrected chi connectivity index (χ3v) is 6.45. The van der Waals surface area contributed by atoms with Crippen LogP contribution in [0.1, 0.15) is 58.3 Å². The maximum Gasteiger partial charge on any atom is 0.271 e. The van der Waals surface area contributed by atoms with Crippen molar-refractivity contribution in [3.05, 3.63) is 70.7 Å². The molecule has 1 aromatic carbocycles. The van der Waals surface area contributed by atoms with Crippen molar-refractivity contribution in [2.24, 2.45) is 0 Å². The van der Waals surface area contributed by atoms with Crippen LogP contribution in [0.4, 0.5) is 10.2 Å². The van der Waals surface area contributed by atoms with Gasteiger partial charge in [-0.2, -0.15) is 5.10 Å². The molecule has 3 aromatic rings. The molecule has 1 fully saturated rings. The molecule has 0 aliphatic carbocycles. The Balaban J connectivity index is 1.45. The molecule has 5 rings (SSSR count). The van der Waals surface area contributed by atoms with Gasteiger partial charge in [0.1, 0.15) is 23.2 Å². The lowest BCUT2D eigenvalue weighted by molar-refractivity contribution is -0.119. The fraction of sp³-hybridized carbons (Fsp3) is 0.375. The summed E-state index contributed by atoms with van der Waals surface area (Å²) in [5.74, 6) is 0.638. The zero-order valence-corrected chi connectivity index (χ0v) is 18.4. The summed E-state index contributed by atoms with van der Waals surface area (Å²) in [5.41, 5.74) is 2.67. The number of piperidine rings is 1. The van der Waals surface area contributed by atoms with Gasteiger partial charge in [0, 0.05) is 48.4 Å². The minimum absolute atomic E-state index is 0.0399. The van der Waals surface area contributed by atoms with E-state index in [0.29, 0.717) is 48.8 Å². The van der Waals surface area contributed by atoms with Crippen LogP contribution in [0.25, 0.3) is 0 Å². The van der Waals surface area contributed by atoms with Crippen LogP contribution in [0, 0.1) is 12.7 Å². The Bertz CT molecular complexity index is 1200. The normalized spacial score (nSPS) is 18.4. The Morgan fingerprint density at radius 1 is 1.21 bits per heavy atom. The summed E-state index contributed by atoms with van der Waals surface area (Å²) in [6.45, 7) is 3.22. The molecule has 0 spiro atoms. The number of rotatable bonds is 4. The average molecular weight is 449 g/mol. The van der Waals surface area contributed by atoms with E-state index in [-0.39, 0.29) is 30.1 Å². The maximum absolute atomic E-state index is 14.3. The van der Waals surface area contributed by atoms with Gasteiger partial charge >= 0.3 is 0 Å². The molecule has 1 unspecified atom stereocenters. The van der Waals surface area contributed by atoms with Gasteiger partial charge in [-0.1, -0.05) is 18.2 Å². The Kier molecular flexibility index (Phi) is 5.62. The molecular formula is C24H25FN6O2. The van der Waals surface area contributed by atoms with Gasteiger partial charge in [0.2, 0.25) is 5.91 Å². The van der Waals surface area contributed by atoms with Crippen LogP contribution < -0.4 is 4.90 Å². The van der Waals surface area contributed by atoms with Gasteiger partial charge in [-0.3, -0.25) is 19.6 Å². The van der Waals surface area contributed by atoms with Crippen LogP contribution in [0.5, 0.6) is 0 Å². The number of carbonyl (C=O) groups is 2. The highest BCUT2D eigenvalue weighted by Gasteiger charge is 2.32. The fourth-order valence-corrected chi connectivity index (χ4v) is 4.66. The molecule has 8 nitrogen and oxygen atoms in total. The lowest BCUT2D eigenvalue weighted by atomic mass is 9.95. The molecule has 1 atom stereocenters. The number of halogens is 1. The van der Waals surface area contributed by atoms with Crippen molar-refractivity contribution in [1.29, 1.82) is 0 Å². The molecule has 0 radical (unpaired) electrons. The van der Waals surface area contributed by atoms with Crippen LogP contribution in [0.3, 0.4) is 0 Å². The first-order valence-corrected chi connectivity index (χ1v) is 11.2. The first-order chi connectivity index (χ1) is 16.0. The Morgan fingerprint density at radius 2 is 2.06 bits per heavy atom. The number of aromatic amines is 1. The molecule has 1 N–H and O–H groups in total. The minimum atomic E-state index is -0.344. The number of aromatic nitrogens is 4. The number of aryl methyl sites for hydroxylation is 1.